The first-order chi connectivity index (χ1) is 13.8. The summed E-state index contributed by atoms with van der Waals surface area (Å²) in [6.45, 7) is -0.518. The highest BCUT2D eigenvalue weighted by atomic mass is 19.4. The number of likely N-dealkylation sites (N-methyl/N-ethyl adjacent to an activating group) is 1. The highest BCUT2D eigenvalue weighted by Gasteiger charge is 2.34. The van der Waals surface area contributed by atoms with Gasteiger partial charge in [0.15, 0.2) is 0 Å². The fourth-order valence-electron chi connectivity index (χ4n) is 3.04. The van der Waals surface area contributed by atoms with Crippen LogP contribution in [0.1, 0.15) is 22.9 Å². The summed E-state index contributed by atoms with van der Waals surface area (Å²) >= 11 is 0. The molecule has 1 unspecified atom stereocenters. The van der Waals surface area contributed by atoms with Crippen LogP contribution in [-0.4, -0.2) is 27.4 Å². The fourth-order valence-corrected chi connectivity index (χ4v) is 3.04. The quantitative estimate of drug-likeness (QED) is 0.658. The molecule has 0 saturated carbocycles. The van der Waals surface area contributed by atoms with Crippen LogP contribution in [0.25, 0.3) is 0 Å². The maximum Gasteiger partial charge on any atom is 0.421 e. The second-order valence-corrected chi connectivity index (χ2v) is 6.43. The second-order valence-electron chi connectivity index (χ2n) is 6.43. The third kappa shape index (κ3) is 4.53. The number of aromatic nitrogens is 2. The number of carbonyl (C=O) groups excluding carboxylic acids is 1. The van der Waals surface area contributed by atoms with Gasteiger partial charge in [-0.15, -0.1) is 0 Å². The van der Waals surface area contributed by atoms with E-state index in [-0.39, 0.29) is 0 Å². The summed E-state index contributed by atoms with van der Waals surface area (Å²) in [7, 11) is 1.54. The molecule has 0 bridgehead atoms. The zero-order valence-electron chi connectivity index (χ0n) is 15.5. The van der Waals surface area contributed by atoms with Gasteiger partial charge in [0.05, 0.1) is 11.7 Å². The largest absolute Gasteiger partial charge is 0.421 e. The number of carbonyl (C=O) groups is 1. The molecular weight excluding hydrogens is 383 g/mol. The van der Waals surface area contributed by atoms with E-state index < -0.39 is 35.8 Å². The van der Waals surface area contributed by atoms with Gasteiger partial charge in [0.1, 0.15) is 12.1 Å². The Hall–Kier alpha value is -3.42. The van der Waals surface area contributed by atoms with Gasteiger partial charge in [-0.3, -0.25) is 14.6 Å². The van der Waals surface area contributed by atoms with Crippen LogP contribution in [0.15, 0.2) is 77.9 Å². The van der Waals surface area contributed by atoms with E-state index in [4.69, 9.17) is 0 Å². The van der Waals surface area contributed by atoms with E-state index in [0.717, 1.165) is 16.2 Å². The van der Waals surface area contributed by atoms with Crippen LogP contribution >= 0.6 is 0 Å². The van der Waals surface area contributed by atoms with Crippen LogP contribution in [0.3, 0.4) is 0 Å². The van der Waals surface area contributed by atoms with E-state index in [2.05, 4.69) is 4.98 Å². The van der Waals surface area contributed by atoms with Gasteiger partial charge in [-0.25, -0.2) is 0 Å². The lowest BCUT2D eigenvalue weighted by Crippen LogP contribution is -2.38. The summed E-state index contributed by atoms with van der Waals surface area (Å²) < 4.78 is 39.7. The van der Waals surface area contributed by atoms with Gasteiger partial charge < -0.3 is 9.47 Å². The molecule has 29 heavy (non-hydrogen) atoms. The van der Waals surface area contributed by atoms with E-state index in [1.54, 1.807) is 24.4 Å². The number of rotatable bonds is 5. The molecule has 1 aromatic carbocycles. The van der Waals surface area contributed by atoms with Crippen LogP contribution in [-0.2, 0) is 17.5 Å². The minimum Gasteiger partial charge on any atom is -0.331 e. The van der Waals surface area contributed by atoms with E-state index in [9.17, 15) is 22.8 Å². The molecule has 0 spiro atoms. The Morgan fingerprint density at radius 3 is 2.38 bits per heavy atom. The summed E-state index contributed by atoms with van der Waals surface area (Å²) in [5.41, 5.74) is -1.17. The highest BCUT2D eigenvalue weighted by molar-refractivity contribution is 5.76. The second kappa shape index (κ2) is 8.30. The van der Waals surface area contributed by atoms with E-state index >= 15 is 0 Å². The summed E-state index contributed by atoms with van der Waals surface area (Å²) in [5.74, 6) is -0.522. The summed E-state index contributed by atoms with van der Waals surface area (Å²) in [5, 5.41) is 0. The van der Waals surface area contributed by atoms with Crippen molar-refractivity contribution in [1.82, 2.24) is 14.5 Å². The van der Waals surface area contributed by atoms with Gasteiger partial charge in [-0.05, 0) is 29.8 Å². The van der Waals surface area contributed by atoms with E-state index in [1.165, 1.54) is 18.1 Å². The van der Waals surface area contributed by atoms with Gasteiger partial charge in [-0.2, -0.15) is 13.2 Å². The van der Waals surface area contributed by atoms with Crippen LogP contribution < -0.4 is 5.56 Å². The predicted molar refractivity (Wildman–Crippen MR) is 101 cm³/mol. The SMILES string of the molecule is CN(C(=O)Cn1cccc(C(F)(F)F)c1=O)C(c1ccccc1)c1ccccn1. The third-order valence-electron chi connectivity index (χ3n) is 4.50. The molecule has 3 rings (SSSR count). The van der Waals surface area contributed by atoms with Crippen molar-refractivity contribution in [2.45, 2.75) is 18.8 Å². The Labute approximate surface area is 165 Å². The monoisotopic (exact) mass is 401 g/mol. The minimum atomic E-state index is -4.78. The number of amides is 1. The van der Waals surface area contributed by atoms with Crippen molar-refractivity contribution in [3.63, 3.8) is 0 Å². The molecule has 150 valence electrons. The van der Waals surface area contributed by atoms with Crippen LogP contribution in [0.2, 0.25) is 0 Å². The molecule has 0 aliphatic carbocycles. The van der Waals surface area contributed by atoms with Crippen LogP contribution in [0.4, 0.5) is 13.2 Å². The molecule has 0 N–H and O–H groups in total. The van der Waals surface area contributed by atoms with Crippen molar-refractivity contribution in [3.8, 4) is 0 Å². The number of nitrogens with zero attached hydrogens (tertiary/aromatic N) is 3. The summed E-state index contributed by atoms with van der Waals surface area (Å²) in [6, 6.07) is 15.7. The first kappa shape index (κ1) is 20.3. The number of hydrogen-bond donors (Lipinski definition) is 0. The number of hydrogen-bond acceptors (Lipinski definition) is 3. The van der Waals surface area contributed by atoms with Crippen LogP contribution in [0.5, 0.6) is 0 Å². The average Bonchev–Trinajstić information content (AvgIpc) is 2.70. The van der Waals surface area contributed by atoms with Crippen LogP contribution in [0, 0.1) is 0 Å². The molecule has 2 aromatic heterocycles. The summed E-state index contributed by atoms with van der Waals surface area (Å²) in [4.78, 5) is 30.7. The van der Waals surface area contributed by atoms with Gasteiger partial charge in [-0.1, -0.05) is 36.4 Å². The summed E-state index contributed by atoms with van der Waals surface area (Å²) in [6.07, 6.45) is -2.02. The van der Waals surface area contributed by atoms with E-state index in [0.29, 0.717) is 11.8 Å². The topological polar surface area (TPSA) is 55.2 Å². The first-order valence-electron chi connectivity index (χ1n) is 8.77. The molecule has 0 radical (unpaired) electrons. The Morgan fingerprint density at radius 1 is 1.07 bits per heavy atom. The van der Waals surface area contributed by atoms with Gasteiger partial charge in [0.25, 0.3) is 5.56 Å². The highest BCUT2D eigenvalue weighted by Crippen LogP contribution is 2.27. The number of benzene rings is 1. The molecule has 8 heteroatoms. The van der Waals surface area contributed by atoms with E-state index in [1.807, 2.05) is 30.3 Å². The number of alkyl halides is 3. The van der Waals surface area contributed by atoms with Gasteiger partial charge in [0.2, 0.25) is 5.91 Å². The first-order valence-corrected chi connectivity index (χ1v) is 8.77. The molecule has 5 nitrogen and oxygen atoms in total. The van der Waals surface area contributed by atoms with Gasteiger partial charge in [0, 0.05) is 19.4 Å². The molecule has 1 atom stereocenters. The van der Waals surface area contributed by atoms with Gasteiger partial charge >= 0.3 is 6.18 Å². The number of pyridine rings is 2. The van der Waals surface area contributed by atoms with Crippen molar-refractivity contribution in [2.24, 2.45) is 0 Å². The fraction of sp³-hybridized carbons (Fsp3) is 0.190. The lowest BCUT2D eigenvalue weighted by molar-refractivity contribution is -0.139. The third-order valence-corrected chi connectivity index (χ3v) is 4.50. The molecular formula is C21H18F3N3O2. The molecule has 2 heterocycles. The molecule has 1 amide bonds. The molecule has 0 aliphatic rings. The number of halogens is 3. The van der Waals surface area contributed by atoms with Crippen molar-refractivity contribution in [1.29, 1.82) is 0 Å². The van der Waals surface area contributed by atoms with Crippen molar-refractivity contribution < 1.29 is 18.0 Å². The lowest BCUT2D eigenvalue weighted by atomic mass is 10.0. The maximum absolute atomic E-state index is 13.0. The zero-order valence-corrected chi connectivity index (χ0v) is 15.5. The Balaban J connectivity index is 1.93. The Bertz CT molecular complexity index is 995. The molecule has 0 fully saturated rings. The lowest BCUT2D eigenvalue weighted by Gasteiger charge is -2.28. The smallest absolute Gasteiger partial charge is 0.331 e. The normalized spacial score (nSPS) is 12.4. The molecule has 0 aliphatic heterocycles. The maximum atomic E-state index is 13.0. The van der Waals surface area contributed by atoms with Crippen molar-refractivity contribution in [3.05, 3.63) is 100 Å². The minimum absolute atomic E-state index is 0.518. The standard InChI is InChI=1S/C21H18F3N3O2/c1-26(18(28)14-27-13-7-10-16(20(27)29)21(22,23)24)19(15-8-3-2-4-9-15)17-11-5-6-12-25-17/h2-13,19H,14H2,1H3. The zero-order chi connectivity index (χ0) is 21.0. The molecule has 0 saturated heterocycles. The Kier molecular flexibility index (Phi) is 5.81. The van der Waals surface area contributed by atoms with Crippen molar-refractivity contribution >= 4 is 5.91 Å². The molecule has 3 aromatic rings. The Morgan fingerprint density at radius 2 is 1.76 bits per heavy atom. The van der Waals surface area contributed by atoms with Crippen molar-refractivity contribution in [2.75, 3.05) is 7.05 Å². The predicted octanol–water partition coefficient (Wildman–Crippen LogP) is 3.51. The average molecular weight is 401 g/mol.